The van der Waals surface area contributed by atoms with Crippen LogP contribution in [0.25, 0.3) is 22.5 Å². The van der Waals surface area contributed by atoms with Crippen LogP contribution in [0.3, 0.4) is 0 Å². The lowest BCUT2D eigenvalue weighted by molar-refractivity contribution is -0.121. The van der Waals surface area contributed by atoms with Crippen LogP contribution in [0.1, 0.15) is 24.3 Å². The summed E-state index contributed by atoms with van der Waals surface area (Å²) in [5, 5.41) is 7.31. The Hall–Kier alpha value is -3.77. The minimum absolute atomic E-state index is 0.0546. The highest BCUT2D eigenvalue weighted by atomic mass is 16.5. The molecule has 1 amide bonds. The summed E-state index contributed by atoms with van der Waals surface area (Å²) in [5.74, 6) is 1.14. The van der Waals surface area contributed by atoms with Gasteiger partial charge in [-0.1, -0.05) is 83.5 Å². The molecule has 0 saturated carbocycles. The molecule has 0 radical (unpaired) electrons. The molecule has 0 aliphatic carbocycles. The summed E-state index contributed by atoms with van der Waals surface area (Å²) in [7, 11) is 0. The van der Waals surface area contributed by atoms with Crippen LogP contribution in [-0.4, -0.2) is 34.0 Å². The zero-order valence-electron chi connectivity index (χ0n) is 19.3. The van der Waals surface area contributed by atoms with Gasteiger partial charge in [0.2, 0.25) is 17.6 Å². The summed E-state index contributed by atoms with van der Waals surface area (Å²) in [6.45, 7) is 4.17. The fourth-order valence-corrected chi connectivity index (χ4v) is 4.44. The van der Waals surface area contributed by atoms with E-state index in [-0.39, 0.29) is 11.8 Å². The fourth-order valence-electron chi connectivity index (χ4n) is 4.44. The van der Waals surface area contributed by atoms with Crippen molar-refractivity contribution in [3.05, 3.63) is 90.3 Å². The molecule has 1 N–H and O–H groups in total. The van der Waals surface area contributed by atoms with E-state index in [1.54, 1.807) is 0 Å². The van der Waals surface area contributed by atoms with Gasteiger partial charge in [0, 0.05) is 23.4 Å². The smallest absolute Gasteiger partial charge is 0.241 e. The van der Waals surface area contributed by atoms with Crippen molar-refractivity contribution in [1.29, 1.82) is 0 Å². The van der Waals surface area contributed by atoms with E-state index in [9.17, 15) is 4.79 Å². The van der Waals surface area contributed by atoms with Crippen molar-refractivity contribution in [2.45, 2.75) is 26.3 Å². The SMILES string of the molecule is Cc1ccc(-c2noc(CN3CCCC(C(=O)Nc4ccccc4-c4ccccc4)C3)n2)cc1. The molecule has 4 aromatic rings. The lowest BCUT2D eigenvalue weighted by atomic mass is 9.96. The van der Waals surface area contributed by atoms with E-state index in [4.69, 9.17) is 4.52 Å². The number of nitrogens with zero attached hydrogens (tertiary/aromatic N) is 3. The fraction of sp³-hybridized carbons (Fsp3) is 0.250. The van der Waals surface area contributed by atoms with E-state index in [0.717, 1.165) is 41.8 Å². The molecular formula is C28H28N4O2. The average Bonchev–Trinajstić information content (AvgIpc) is 3.34. The molecule has 1 fully saturated rings. The standard InChI is InChI=1S/C28H28N4O2/c1-20-13-15-22(16-14-20)27-30-26(34-31-27)19-32-17-7-10-23(18-32)28(33)29-25-12-6-5-11-24(25)21-8-3-2-4-9-21/h2-6,8-9,11-16,23H,7,10,17-19H2,1H3,(H,29,33). The van der Waals surface area contributed by atoms with Crippen LogP contribution in [0.5, 0.6) is 0 Å². The van der Waals surface area contributed by atoms with Gasteiger partial charge in [-0.25, -0.2) is 0 Å². The van der Waals surface area contributed by atoms with Gasteiger partial charge in [0.1, 0.15) is 0 Å². The number of rotatable bonds is 6. The second-order valence-corrected chi connectivity index (χ2v) is 8.85. The third-order valence-electron chi connectivity index (χ3n) is 6.28. The monoisotopic (exact) mass is 452 g/mol. The molecule has 3 aromatic carbocycles. The first-order valence-corrected chi connectivity index (χ1v) is 11.7. The predicted octanol–water partition coefficient (Wildman–Crippen LogP) is 5.56. The molecule has 1 aromatic heterocycles. The summed E-state index contributed by atoms with van der Waals surface area (Å²) in [4.78, 5) is 20.0. The number of piperidine rings is 1. The quantitative estimate of drug-likeness (QED) is 0.415. The van der Waals surface area contributed by atoms with Crippen molar-refractivity contribution in [3.63, 3.8) is 0 Å². The molecule has 5 rings (SSSR count). The Morgan fingerprint density at radius 2 is 1.76 bits per heavy atom. The molecule has 0 bridgehead atoms. The highest BCUT2D eigenvalue weighted by Gasteiger charge is 2.27. The summed E-state index contributed by atoms with van der Waals surface area (Å²) in [5.41, 5.74) is 5.09. The lowest BCUT2D eigenvalue weighted by Crippen LogP contribution is -2.40. The number of carbonyl (C=O) groups excluding carboxylic acids is 1. The third kappa shape index (κ3) is 5.07. The highest BCUT2D eigenvalue weighted by Crippen LogP contribution is 2.29. The summed E-state index contributed by atoms with van der Waals surface area (Å²) in [6, 6.07) is 26.2. The van der Waals surface area contributed by atoms with Gasteiger partial charge in [0.05, 0.1) is 12.5 Å². The average molecular weight is 453 g/mol. The summed E-state index contributed by atoms with van der Waals surface area (Å²) in [6.07, 6.45) is 1.83. The Labute approximate surface area is 199 Å². The minimum atomic E-state index is -0.0860. The predicted molar refractivity (Wildman–Crippen MR) is 133 cm³/mol. The minimum Gasteiger partial charge on any atom is -0.338 e. The number of anilines is 1. The highest BCUT2D eigenvalue weighted by molar-refractivity contribution is 5.97. The van der Waals surface area contributed by atoms with E-state index in [0.29, 0.717) is 24.8 Å². The van der Waals surface area contributed by atoms with Crippen LogP contribution in [0.2, 0.25) is 0 Å². The van der Waals surface area contributed by atoms with Gasteiger partial charge in [0.25, 0.3) is 0 Å². The molecule has 1 aliphatic rings. The molecule has 6 nitrogen and oxygen atoms in total. The van der Waals surface area contributed by atoms with Gasteiger partial charge in [-0.2, -0.15) is 4.98 Å². The number of aromatic nitrogens is 2. The van der Waals surface area contributed by atoms with Crippen LogP contribution in [0.15, 0.2) is 83.4 Å². The number of hydrogen-bond donors (Lipinski definition) is 1. The van der Waals surface area contributed by atoms with Crippen molar-refractivity contribution in [1.82, 2.24) is 15.0 Å². The van der Waals surface area contributed by atoms with Crippen LogP contribution in [-0.2, 0) is 11.3 Å². The summed E-state index contributed by atoms with van der Waals surface area (Å²) >= 11 is 0. The Morgan fingerprint density at radius 1 is 1.00 bits per heavy atom. The number of hydrogen-bond acceptors (Lipinski definition) is 5. The van der Waals surface area contributed by atoms with Crippen molar-refractivity contribution in [3.8, 4) is 22.5 Å². The first-order chi connectivity index (χ1) is 16.7. The number of nitrogens with one attached hydrogen (secondary N) is 1. The second-order valence-electron chi connectivity index (χ2n) is 8.85. The van der Waals surface area contributed by atoms with Crippen LogP contribution >= 0.6 is 0 Å². The number of aryl methyl sites for hydroxylation is 1. The number of likely N-dealkylation sites (tertiary alicyclic amines) is 1. The van der Waals surface area contributed by atoms with Crippen molar-refractivity contribution < 1.29 is 9.32 Å². The Kier molecular flexibility index (Phi) is 6.49. The van der Waals surface area contributed by atoms with Gasteiger partial charge in [-0.05, 0) is 37.9 Å². The molecule has 1 atom stereocenters. The zero-order chi connectivity index (χ0) is 23.3. The zero-order valence-corrected chi connectivity index (χ0v) is 19.3. The summed E-state index contributed by atoms with van der Waals surface area (Å²) < 4.78 is 5.50. The molecule has 0 spiro atoms. The lowest BCUT2D eigenvalue weighted by Gasteiger charge is -2.31. The van der Waals surface area contributed by atoms with Crippen molar-refractivity contribution in [2.24, 2.45) is 5.92 Å². The first kappa shape index (κ1) is 22.0. The van der Waals surface area contributed by atoms with E-state index in [2.05, 4.69) is 39.4 Å². The molecule has 1 unspecified atom stereocenters. The molecular weight excluding hydrogens is 424 g/mol. The van der Waals surface area contributed by atoms with E-state index < -0.39 is 0 Å². The maximum Gasteiger partial charge on any atom is 0.241 e. The normalized spacial score (nSPS) is 16.3. The van der Waals surface area contributed by atoms with Crippen LogP contribution in [0.4, 0.5) is 5.69 Å². The van der Waals surface area contributed by atoms with E-state index >= 15 is 0 Å². The van der Waals surface area contributed by atoms with E-state index in [1.165, 1.54) is 5.56 Å². The largest absolute Gasteiger partial charge is 0.338 e. The first-order valence-electron chi connectivity index (χ1n) is 11.7. The van der Waals surface area contributed by atoms with Gasteiger partial charge in [-0.3, -0.25) is 9.69 Å². The number of benzene rings is 3. The Bertz CT molecular complexity index is 1250. The molecule has 34 heavy (non-hydrogen) atoms. The number of carbonyl (C=O) groups is 1. The third-order valence-corrected chi connectivity index (χ3v) is 6.28. The molecule has 6 heteroatoms. The Balaban J connectivity index is 1.23. The molecule has 2 heterocycles. The van der Waals surface area contributed by atoms with Crippen molar-refractivity contribution >= 4 is 11.6 Å². The van der Waals surface area contributed by atoms with Crippen molar-refractivity contribution in [2.75, 3.05) is 18.4 Å². The topological polar surface area (TPSA) is 71.3 Å². The number of para-hydroxylation sites is 1. The maximum absolute atomic E-state index is 13.2. The second kappa shape index (κ2) is 10.0. The Morgan fingerprint density at radius 3 is 2.59 bits per heavy atom. The van der Waals surface area contributed by atoms with Gasteiger partial charge in [-0.15, -0.1) is 0 Å². The van der Waals surface area contributed by atoms with Gasteiger partial charge < -0.3 is 9.84 Å². The van der Waals surface area contributed by atoms with Gasteiger partial charge >= 0.3 is 0 Å². The van der Waals surface area contributed by atoms with Crippen LogP contribution < -0.4 is 5.32 Å². The van der Waals surface area contributed by atoms with E-state index in [1.807, 2.05) is 66.7 Å². The molecule has 1 saturated heterocycles. The number of amides is 1. The maximum atomic E-state index is 13.2. The van der Waals surface area contributed by atoms with Crippen LogP contribution in [0, 0.1) is 12.8 Å². The van der Waals surface area contributed by atoms with Gasteiger partial charge in [0.15, 0.2) is 0 Å². The molecule has 1 aliphatic heterocycles. The molecule has 172 valence electrons.